The number of para-hydroxylation sites is 1. The van der Waals surface area contributed by atoms with E-state index in [1.165, 1.54) is 30.3 Å². The van der Waals surface area contributed by atoms with E-state index < -0.39 is 10.0 Å². The third-order valence-corrected chi connectivity index (χ3v) is 5.62. The maximum Gasteiger partial charge on any atom is 0.240 e. The summed E-state index contributed by atoms with van der Waals surface area (Å²) in [4.78, 5) is 3.17. The van der Waals surface area contributed by atoms with Crippen LogP contribution in [0.3, 0.4) is 0 Å². The Hall–Kier alpha value is -1.89. The Morgan fingerprint density at radius 2 is 1.88 bits per heavy atom. The van der Waals surface area contributed by atoms with Crippen molar-refractivity contribution in [3.8, 4) is 0 Å². The average molecular weight is 367 g/mol. The molecule has 0 fully saturated rings. The van der Waals surface area contributed by atoms with Crippen molar-refractivity contribution in [2.45, 2.75) is 18.2 Å². The van der Waals surface area contributed by atoms with E-state index >= 15 is 0 Å². The van der Waals surface area contributed by atoms with Gasteiger partial charge in [0.15, 0.2) is 0 Å². The van der Waals surface area contributed by atoms with E-state index in [0.717, 1.165) is 16.6 Å². The second-order valence-electron chi connectivity index (χ2n) is 5.49. The smallest absolute Gasteiger partial charge is 0.240 e. The molecule has 2 aromatic carbocycles. The van der Waals surface area contributed by atoms with Gasteiger partial charge in [-0.3, -0.25) is 0 Å². The Bertz CT molecular complexity index is 982. The summed E-state index contributed by atoms with van der Waals surface area (Å²) in [5, 5.41) is 1.25. The van der Waals surface area contributed by atoms with E-state index in [1.54, 1.807) is 6.07 Å². The zero-order chi connectivity index (χ0) is 17.3. The number of hydrogen-bond donors (Lipinski definition) is 2. The van der Waals surface area contributed by atoms with Crippen molar-refractivity contribution in [3.63, 3.8) is 0 Å². The van der Waals surface area contributed by atoms with Crippen molar-refractivity contribution in [3.05, 3.63) is 64.6 Å². The number of aromatic amines is 1. The minimum absolute atomic E-state index is 0.161. The van der Waals surface area contributed by atoms with Gasteiger partial charge in [-0.2, -0.15) is 0 Å². The molecule has 1 heterocycles. The zero-order valence-electron chi connectivity index (χ0n) is 12.9. The predicted octanol–water partition coefficient (Wildman–Crippen LogP) is 3.79. The zero-order valence-corrected chi connectivity index (χ0v) is 14.5. The summed E-state index contributed by atoms with van der Waals surface area (Å²) >= 11 is 5.77. The summed E-state index contributed by atoms with van der Waals surface area (Å²) < 4.78 is 40.9. The van der Waals surface area contributed by atoms with E-state index in [0.29, 0.717) is 17.0 Å². The Morgan fingerprint density at radius 1 is 1.17 bits per heavy atom. The molecule has 0 saturated carbocycles. The molecule has 0 radical (unpaired) electrons. The molecular weight excluding hydrogens is 351 g/mol. The van der Waals surface area contributed by atoms with Gasteiger partial charge in [0.25, 0.3) is 0 Å². The molecule has 126 valence electrons. The topological polar surface area (TPSA) is 62.0 Å². The van der Waals surface area contributed by atoms with Crippen molar-refractivity contribution < 1.29 is 12.8 Å². The highest BCUT2D eigenvalue weighted by Crippen LogP contribution is 2.24. The van der Waals surface area contributed by atoms with Crippen LogP contribution in [0.25, 0.3) is 10.9 Å². The van der Waals surface area contributed by atoms with Gasteiger partial charge < -0.3 is 4.98 Å². The molecule has 4 nitrogen and oxygen atoms in total. The van der Waals surface area contributed by atoms with E-state index in [9.17, 15) is 12.8 Å². The monoisotopic (exact) mass is 366 g/mol. The molecule has 0 aliphatic heterocycles. The molecule has 3 rings (SSSR count). The molecule has 0 atom stereocenters. The molecule has 3 aromatic rings. The van der Waals surface area contributed by atoms with E-state index in [4.69, 9.17) is 11.6 Å². The molecule has 0 amide bonds. The fourth-order valence-corrected chi connectivity index (χ4v) is 3.86. The fraction of sp³-hybridized carbons (Fsp3) is 0.176. The maximum atomic E-state index is 13.8. The molecule has 24 heavy (non-hydrogen) atoms. The Kier molecular flexibility index (Phi) is 4.62. The predicted molar refractivity (Wildman–Crippen MR) is 93.3 cm³/mol. The fourth-order valence-electron chi connectivity index (χ4n) is 2.70. The first-order valence-corrected chi connectivity index (χ1v) is 9.25. The molecule has 0 aliphatic rings. The largest absolute Gasteiger partial charge is 0.356 e. The summed E-state index contributed by atoms with van der Waals surface area (Å²) in [5.74, 6) is -0.316. The highest BCUT2D eigenvalue weighted by molar-refractivity contribution is 7.89. The molecule has 0 bridgehead atoms. The van der Waals surface area contributed by atoms with Crippen molar-refractivity contribution in [1.29, 1.82) is 0 Å². The van der Waals surface area contributed by atoms with Gasteiger partial charge in [-0.05, 0) is 49.2 Å². The second kappa shape index (κ2) is 6.55. The number of rotatable bonds is 5. The van der Waals surface area contributed by atoms with Crippen LogP contribution in [-0.4, -0.2) is 19.9 Å². The minimum atomic E-state index is -3.60. The molecule has 0 spiro atoms. The summed E-state index contributed by atoms with van der Waals surface area (Å²) in [5.41, 5.74) is 2.19. The van der Waals surface area contributed by atoms with Crippen LogP contribution < -0.4 is 4.72 Å². The number of fused-ring (bicyclic) bond motifs is 1. The Morgan fingerprint density at radius 3 is 2.58 bits per heavy atom. The first-order valence-electron chi connectivity index (χ1n) is 7.39. The highest BCUT2D eigenvalue weighted by Gasteiger charge is 2.15. The first-order chi connectivity index (χ1) is 11.4. The Balaban J connectivity index is 1.76. The number of halogens is 2. The minimum Gasteiger partial charge on any atom is -0.356 e. The molecule has 1 aromatic heterocycles. The maximum absolute atomic E-state index is 13.8. The quantitative estimate of drug-likeness (QED) is 0.721. The lowest BCUT2D eigenvalue weighted by molar-refractivity contribution is 0.581. The van der Waals surface area contributed by atoms with Crippen molar-refractivity contribution in [2.24, 2.45) is 0 Å². The lowest BCUT2D eigenvalue weighted by Gasteiger charge is -2.07. The Labute approximate surface area is 144 Å². The molecule has 7 heteroatoms. The number of aryl methyl sites for hydroxylation is 1. The summed E-state index contributed by atoms with van der Waals surface area (Å²) in [6, 6.07) is 10.8. The highest BCUT2D eigenvalue weighted by atomic mass is 35.5. The normalized spacial score (nSPS) is 12.0. The number of sulfonamides is 1. The lowest BCUT2D eigenvalue weighted by atomic mass is 10.1. The van der Waals surface area contributed by atoms with Crippen molar-refractivity contribution in [1.82, 2.24) is 9.71 Å². The molecule has 2 N–H and O–H groups in total. The summed E-state index contributed by atoms with van der Waals surface area (Å²) in [6.07, 6.45) is 0.460. The van der Waals surface area contributed by atoms with Crippen LogP contribution in [0.15, 0.2) is 47.4 Å². The third kappa shape index (κ3) is 3.31. The number of benzene rings is 2. The van der Waals surface area contributed by atoms with Crippen LogP contribution in [0.5, 0.6) is 0 Å². The van der Waals surface area contributed by atoms with Crippen LogP contribution in [0.2, 0.25) is 5.02 Å². The van der Waals surface area contributed by atoms with Gasteiger partial charge in [-0.25, -0.2) is 17.5 Å². The first kappa shape index (κ1) is 17.0. The number of aromatic nitrogens is 1. The number of H-pyrrole nitrogens is 1. The van der Waals surface area contributed by atoms with Gasteiger partial charge in [-0.15, -0.1) is 0 Å². The molecule has 0 aliphatic carbocycles. The van der Waals surface area contributed by atoms with Gasteiger partial charge >= 0.3 is 0 Å². The van der Waals surface area contributed by atoms with Gasteiger partial charge in [-0.1, -0.05) is 23.7 Å². The van der Waals surface area contributed by atoms with Crippen molar-refractivity contribution >= 4 is 32.5 Å². The van der Waals surface area contributed by atoms with Crippen LogP contribution in [0, 0.1) is 12.7 Å². The molecular formula is C17H16ClFN2O2S. The van der Waals surface area contributed by atoms with Gasteiger partial charge in [0.05, 0.1) is 10.4 Å². The van der Waals surface area contributed by atoms with Crippen LogP contribution in [-0.2, 0) is 16.4 Å². The summed E-state index contributed by atoms with van der Waals surface area (Å²) in [7, 11) is -3.60. The van der Waals surface area contributed by atoms with Crippen molar-refractivity contribution in [2.75, 3.05) is 6.54 Å². The van der Waals surface area contributed by atoms with Gasteiger partial charge in [0, 0.05) is 22.6 Å². The number of nitrogens with one attached hydrogen (secondary N) is 2. The second-order valence-corrected chi connectivity index (χ2v) is 7.70. The van der Waals surface area contributed by atoms with Crippen LogP contribution >= 0.6 is 11.6 Å². The van der Waals surface area contributed by atoms with E-state index in [1.807, 2.05) is 13.0 Å². The number of hydrogen-bond acceptors (Lipinski definition) is 2. The van der Waals surface area contributed by atoms with E-state index in [-0.39, 0.29) is 17.3 Å². The molecule has 0 unspecified atom stereocenters. The average Bonchev–Trinajstić information content (AvgIpc) is 2.85. The summed E-state index contributed by atoms with van der Waals surface area (Å²) in [6.45, 7) is 2.07. The van der Waals surface area contributed by atoms with E-state index in [2.05, 4.69) is 9.71 Å². The van der Waals surface area contributed by atoms with Crippen LogP contribution in [0.1, 0.15) is 11.3 Å². The standard InChI is InChI=1S/C17H16ClFN2O2S/c1-11-14(15-3-2-4-16(19)17(15)21-11)9-10-20-24(22,23)13-7-5-12(18)6-8-13/h2-8,20-21H,9-10H2,1H3. The third-order valence-electron chi connectivity index (χ3n) is 3.89. The van der Waals surface area contributed by atoms with Gasteiger partial charge in [0.2, 0.25) is 10.0 Å². The SMILES string of the molecule is Cc1[nH]c2c(F)cccc2c1CCNS(=O)(=O)c1ccc(Cl)cc1. The van der Waals surface area contributed by atoms with Crippen LogP contribution in [0.4, 0.5) is 4.39 Å². The van der Waals surface area contributed by atoms with Gasteiger partial charge in [0.1, 0.15) is 5.82 Å². The molecule has 0 saturated heterocycles. The lowest BCUT2D eigenvalue weighted by Crippen LogP contribution is -2.26.